The molecule has 3 heterocycles. The van der Waals surface area contributed by atoms with Gasteiger partial charge in [0.1, 0.15) is 5.69 Å². The fourth-order valence-corrected chi connectivity index (χ4v) is 3.81. The SMILES string of the molecule is O=C(NCCN1CCOCC1)c1cc2n(n1)CCN(Cc1cccc(C(F)(F)F)c1)C2=O. The van der Waals surface area contributed by atoms with E-state index >= 15 is 0 Å². The molecule has 0 aliphatic carbocycles. The molecular weight excluding hydrogens is 427 g/mol. The first-order chi connectivity index (χ1) is 15.3. The summed E-state index contributed by atoms with van der Waals surface area (Å²) >= 11 is 0. The summed E-state index contributed by atoms with van der Waals surface area (Å²) in [5.41, 5.74) is 0.0422. The van der Waals surface area contributed by atoms with Gasteiger partial charge in [-0.25, -0.2) is 0 Å². The Balaban J connectivity index is 1.37. The first-order valence-corrected chi connectivity index (χ1v) is 10.4. The maximum Gasteiger partial charge on any atom is 0.416 e. The summed E-state index contributed by atoms with van der Waals surface area (Å²) in [4.78, 5) is 29.0. The van der Waals surface area contributed by atoms with Crippen LogP contribution in [0.1, 0.15) is 32.1 Å². The van der Waals surface area contributed by atoms with Crippen molar-refractivity contribution in [3.63, 3.8) is 0 Å². The Hall–Kier alpha value is -2.92. The van der Waals surface area contributed by atoms with E-state index in [0.717, 1.165) is 25.2 Å². The summed E-state index contributed by atoms with van der Waals surface area (Å²) in [6.07, 6.45) is -4.44. The molecule has 0 spiro atoms. The lowest BCUT2D eigenvalue weighted by atomic mass is 10.1. The van der Waals surface area contributed by atoms with Crippen LogP contribution in [0.5, 0.6) is 0 Å². The van der Waals surface area contributed by atoms with Gasteiger partial charge in [0.05, 0.1) is 25.3 Å². The fraction of sp³-hybridized carbons (Fsp3) is 0.476. The number of ether oxygens (including phenoxy) is 1. The maximum absolute atomic E-state index is 13.0. The largest absolute Gasteiger partial charge is 0.416 e. The van der Waals surface area contributed by atoms with E-state index in [1.807, 2.05) is 0 Å². The molecule has 2 aromatic rings. The molecular formula is C21H24F3N5O3. The highest BCUT2D eigenvalue weighted by Gasteiger charge is 2.31. The molecule has 1 fully saturated rings. The van der Waals surface area contributed by atoms with E-state index in [-0.39, 0.29) is 29.7 Å². The molecule has 0 saturated carbocycles. The second-order valence-electron chi connectivity index (χ2n) is 7.77. The van der Waals surface area contributed by atoms with Gasteiger partial charge in [-0.05, 0) is 17.7 Å². The van der Waals surface area contributed by atoms with Crippen molar-refractivity contribution in [2.45, 2.75) is 19.3 Å². The zero-order valence-electron chi connectivity index (χ0n) is 17.4. The predicted octanol–water partition coefficient (Wildman–Crippen LogP) is 1.62. The summed E-state index contributed by atoms with van der Waals surface area (Å²) in [5.74, 6) is -0.731. The van der Waals surface area contributed by atoms with Gasteiger partial charge in [-0.15, -0.1) is 0 Å². The van der Waals surface area contributed by atoms with Crippen molar-refractivity contribution in [2.75, 3.05) is 45.9 Å². The topological polar surface area (TPSA) is 79.7 Å². The quantitative estimate of drug-likeness (QED) is 0.722. The van der Waals surface area contributed by atoms with E-state index in [0.29, 0.717) is 45.0 Å². The van der Waals surface area contributed by atoms with E-state index in [9.17, 15) is 22.8 Å². The lowest BCUT2D eigenvalue weighted by Crippen LogP contribution is -2.41. The summed E-state index contributed by atoms with van der Waals surface area (Å²) in [7, 11) is 0. The minimum absolute atomic E-state index is 0.0506. The van der Waals surface area contributed by atoms with Crippen LogP contribution in [0.25, 0.3) is 0 Å². The minimum Gasteiger partial charge on any atom is -0.379 e. The predicted molar refractivity (Wildman–Crippen MR) is 108 cm³/mol. The number of hydrogen-bond donors (Lipinski definition) is 1. The van der Waals surface area contributed by atoms with Crippen molar-refractivity contribution in [3.05, 3.63) is 52.8 Å². The first kappa shape index (κ1) is 22.3. The van der Waals surface area contributed by atoms with Crippen molar-refractivity contribution in [2.24, 2.45) is 0 Å². The molecule has 0 unspecified atom stereocenters. The molecule has 172 valence electrons. The van der Waals surface area contributed by atoms with Gasteiger partial charge < -0.3 is 15.0 Å². The van der Waals surface area contributed by atoms with Gasteiger partial charge in [0.25, 0.3) is 11.8 Å². The van der Waals surface area contributed by atoms with Crippen LogP contribution in [0.4, 0.5) is 13.2 Å². The first-order valence-electron chi connectivity index (χ1n) is 10.4. The Labute approximate surface area is 182 Å². The van der Waals surface area contributed by atoms with Crippen LogP contribution in [0, 0.1) is 0 Å². The zero-order valence-corrected chi connectivity index (χ0v) is 17.4. The Kier molecular flexibility index (Phi) is 6.47. The number of morpholine rings is 1. The number of rotatable bonds is 6. The highest BCUT2D eigenvalue weighted by molar-refractivity contribution is 5.98. The van der Waals surface area contributed by atoms with Gasteiger partial charge in [-0.1, -0.05) is 12.1 Å². The average Bonchev–Trinajstić information content (AvgIpc) is 3.21. The second kappa shape index (κ2) is 9.29. The molecule has 0 radical (unpaired) electrons. The Morgan fingerprint density at radius 3 is 2.66 bits per heavy atom. The van der Waals surface area contributed by atoms with E-state index < -0.39 is 11.7 Å². The standard InChI is InChI=1S/C21H24F3N5O3/c22-21(23,24)16-3-1-2-15(12-16)14-28-6-7-29-18(20(28)31)13-17(26-29)19(30)25-4-5-27-8-10-32-11-9-27/h1-3,12-13H,4-11,14H2,(H,25,30). The van der Waals surface area contributed by atoms with Crippen LogP contribution in [-0.2, 0) is 24.0 Å². The van der Waals surface area contributed by atoms with Gasteiger partial charge in [-0.3, -0.25) is 19.2 Å². The van der Waals surface area contributed by atoms with Crippen LogP contribution in [-0.4, -0.2) is 77.3 Å². The van der Waals surface area contributed by atoms with Crippen LogP contribution >= 0.6 is 0 Å². The molecule has 4 rings (SSSR count). The molecule has 0 atom stereocenters. The average molecular weight is 451 g/mol. The molecule has 1 aromatic carbocycles. The molecule has 8 nitrogen and oxygen atoms in total. The van der Waals surface area contributed by atoms with Crippen LogP contribution in [0.15, 0.2) is 30.3 Å². The second-order valence-corrected chi connectivity index (χ2v) is 7.77. The molecule has 11 heteroatoms. The van der Waals surface area contributed by atoms with Gasteiger partial charge in [0, 0.05) is 45.3 Å². The fourth-order valence-electron chi connectivity index (χ4n) is 3.81. The molecule has 32 heavy (non-hydrogen) atoms. The molecule has 2 aliphatic heterocycles. The van der Waals surface area contributed by atoms with E-state index in [2.05, 4.69) is 15.3 Å². The van der Waals surface area contributed by atoms with E-state index in [4.69, 9.17) is 4.74 Å². The van der Waals surface area contributed by atoms with Gasteiger partial charge in [-0.2, -0.15) is 18.3 Å². The normalized spacial score (nSPS) is 17.3. The number of benzene rings is 1. The number of fused-ring (bicyclic) bond motifs is 1. The van der Waals surface area contributed by atoms with Crippen molar-refractivity contribution in [1.29, 1.82) is 0 Å². The number of aromatic nitrogens is 2. The number of nitrogens with zero attached hydrogens (tertiary/aromatic N) is 4. The summed E-state index contributed by atoms with van der Waals surface area (Å²) in [5, 5.41) is 7.04. The Bertz CT molecular complexity index is 985. The van der Waals surface area contributed by atoms with E-state index in [1.54, 1.807) is 6.07 Å². The number of amides is 2. The molecule has 1 saturated heterocycles. The number of hydrogen-bond acceptors (Lipinski definition) is 5. The van der Waals surface area contributed by atoms with Crippen molar-refractivity contribution < 1.29 is 27.5 Å². The highest BCUT2D eigenvalue weighted by atomic mass is 19.4. The summed E-state index contributed by atoms with van der Waals surface area (Å²) in [6, 6.07) is 6.37. The molecule has 1 N–H and O–H groups in total. The van der Waals surface area contributed by atoms with Crippen LogP contribution in [0.2, 0.25) is 0 Å². The lowest BCUT2D eigenvalue weighted by Gasteiger charge is -2.27. The molecule has 2 amide bonds. The smallest absolute Gasteiger partial charge is 0.379 e. The van der Waals surface area contributed by atoms with Gasteiger partial charge >= 0.3 is 6.18 Å². The third-order valence-electron chi connectivity index (χ3n) is 5.55. The molecule has 2 aliphatic rings. The van der Waals surface area contributed by atoms with Gasteiger partial charge in [0.2, 0.25) is 0 Å². The van der Waals surface area contributed by atoms with E-state index in [1.165, 1.54) is 21.7 Å². The molecule has 0 bridgehead atoms. The maximum atomic E-state index is 13.0. The summed E-state index contributed by atoms with van der Waals surface area (Å²) < 4.78 is 45.6. The minimum atomic E-state index is -4.44. The summed E-state index contributed by atoms with van der Waals surface area (Å²) in [6.45, 7) is 4.87. The van der Waals surface area contributed by atoms with Crippen molar-refractivity contribution >= 4 is 11.8 Å². The third kappa shape index (κ3) is 5.10. The number of carbonyl (C=O) groups excluding carboxylic acids is 2. The third-order valence-corrected chi connectivity index (χ3v) is 5.55. The Morgan fingerprint density at radius 2 is 1.91 bits per heavy atom. The van der Waals surface area contributed by atoms with Gasteiger partial charge in [0.15, 0.2) is 5.69 Å². The zero-order chi connectivity index (χ0) is 22.7. The number of nitrogens with one attached hydrogen (secondary N) is 1. The highest BCUT2D eigenvalue weighted by Crippen LogP contribution is 2.30. The number of alkyl halides is 3. The monoisotopic (exact) mass is 451 g/mol. The van der Waals surface area contributed by atoms with Crippen molar-refractivity contribution in [3.8, 4) is 0 Å². The number of halogens is 3. The lowest BCUT2D eigenvalue weighted by molar-refractivity contribution is -0.137. The number of carbonyl (C=O) groups is 2. The molecule has 1 aromatic heterocycles. The van der Waals surface area contributed by atoms with Crippen LogP contribution < -0.4 is 5.32 Å². The Morgan fingerprint density at radius 1 is 1.12 bits per heavy atom. The van der Waals surface area contributed by atoms with Crippen LogP contribution in [0.3, 0.4) is 0 Å². The van der Waals surface area contributed by atoms with Crippen molar-refractivity contribution in [1.82, 2.24) is 24.9 Å².